The third kappa shape index (κ3) is 5.55. The second kappa shape index (κ2) is 9.54. The highest BCUT2D eigenvalue weighted by Gasteiger charge is 2.15. The number of halogens is 1. The molecule has 0 amide bonds. The van der Waals surface area contributed by atoms with Crippen molar-refractivity contribution < 1.29 is 13.9 Å². The SMILES string of the molecule is Fc1ccccc1COCCCOc1ccc(C2[CH]CNCC2)cc1. The number of piperidine rings is 1. The molecule has 0 bridgehead atoms. The molecule has 1 radical (unpaired) electrons. The Hall–Kier alpha value is -1.91. The summed E-state index contributed by atoms with van der Waals surface area (Å²) in [6.45, 7) is 3.50. The molecule has 0 saturated carbocycles. The van der Waals surface area contributed by atoms with E-state index < -0.39 is 0 Å². The van der Waals surface area contributed by atoms with Gasteiger partial charge in [-0.2, -0.15) is 0 Å². The average molecular weight is 342 g/mol. The summed E-state index contributed by atoms with van der Waals surface area (Å²) in [5, 5.41) is 3.34. The highest BCUT2D eigenvalue weighted by molar-refractivity contribution is 5.31. The molecule has 0 aromatic heterocycles. The molecule has 1 aliphatic heterocycles. The molecule has 1 atom stereocenters. The minimum atomic E-state index is -0.218. The van der Waals surface area contributed by atoms with Crippen molar-refractivity contribution >= 4 is 0 Å². The van der Waals surface area contributed by atoms with E-state index in [1.807, 2.05) is 18.2 Å². The van der Waals surface area contributed by atoms with Crippen LogP contribution in [0.15, 0.2) is 48.5 Å². The van der Waals surface area contributed by atoms with Crippen LogP contribution in [0.1, 0.15) is 29.9 Å². The zero-order valence-electron chi connectivity index (χ0n) is 14.4. The van der Waals surface area contributed by atoms with E-state index in [1.165, 1.54) is 11.6 Å². The Balaban J connectivity index is 1.33. The fourth-order valence-corrected chi connectivity index (χ4v) is 2.97. The Morgan fingerprint density at radius 3 is 2.64 bits per heavy atom. The van der Waals surface area contributed by atoms with Gasteiger partial charge in [-0.15, -0.1) is 0 Å². The molecular formula is C21H25FNO2. The quantitative estimate of drug-likeness (QED) is 0.733. The van der Waals surface area contributed by atoms with Gasteiger partial charge in [0.05, 0.1) is 19.8 Å². The first-order chi connectivity index (χ1) is 12.3. The maximum atomic E-state index is 13.4. The summed E-state index contributed by atoms with van der Waals surface area (Å²) in [7, 11) is 0. The number of nitrogens with one attached hydrogen (secondary N) is 1. The molecule has 1 N–H and O–H groups in total. The molecule has 0 aliphatic carbocycles. The molecule has 3 rings (SSSR count). The van der Waals surface area contributed by atoms with Gasteiger partial charge in [0.2, 0.25) is 0 Å². The fourth-order valence-electron chi connectivity index (χ4n) is 2.97. The number of hydrogen-bond acceptors (Lipinski definition) is 3. The van der Waals surface area contributed by atoms with Gasteiger partial charge in [-0.25, -0.2) is 4.39 Å². The highest BCUT2D eigenvalue weighted by atomic mass is 19.1. The molecule has 1 aliphatic rings. The standard InChI is InChI=1S/C21H25FNO2/c22-21-5-2-1-4-19(21)16-24-14-3-15-25-20-8-6-17(7-9-20)18-10-12-23-13-11-18/h1-2,4-10,18,23H,3,11-16H2. The van der Waals surface area contributed by atoms with E-state index in [9.17, 15) is 4.39 Å². The molecule has 1 unspecified atom stereocenters. The lowest BCUT2D eigenvalue weighted by Gasteiger charge is -2.22. The van der Waals surface area contributed by atoms with Gasteiger partial charge in [-0.05, 0) is 55.6 Å². The lowest BCUT2D eigenvalue weighted by Crippen LogP contribution is -2.27. The predicted octanol–water partition coefficient (Wildman–Crippen LogP) is 4.09. The van der Waals surface area contributed by atoms with E-state index in [-0.39, 0.29) is 5.82 Å². The van der Waals surface area contributed by atoms with Gasteiger partial charge in [0.25, 0.3) is 0 Å². The first kappa shape index (κ1) is 17.9. The second-order valence-electron chi connectivity index (χ2n) is 6.25. The van der Waals surface area contributed by atoms with Crippen LogP contribution in [0.25, 0.3) is 0 Å². The molecule has 25 heavy (non-hydrogen) atoms. The van der Waals surface area contributed by atoms with Crippen LogP contribution in [-0.2, 0) is 11.3 Å². The first-order valence-electron chi connectivity index (χ1n) is 8.91. The molecule has 4 heteroatoms. The van der Waals surface area contributed by atoms with E-state index in [0.717, 1.165) is 31.7 Å². The summed E-state index contributed by atoms with van der Waals surface area (Å²) in [6.07, 6.45) is 4.25. The van der Waals surface area contributed by atoms with Gasteiger partial charge in [-0.3, -0.25) is 0 Å². The van der Waals surface area contributed by atoms with Gasteiger partial charge < -0.3 is 14.8 Å². The molecule has 133 valence electrons. The third-order valence-electron chi connectivity index (χ3n) is 4.40. The van der Waals surface area contributed by atoms with Crippen LogP contribution < -0.4 is 10.1 Å². The van der Waals surface area contributed by atoms with E-state index in [0.29, 0.717) is 31.3 Å². The van der Waals surface area contributed by atoms with E-state index in [4.69, 9.17) is 9.47 Å². The Morgan fingerprint density at radius 2 is 1.88 bits per heavy atom. The van der Waals surface area contributed by atoms with Crippen LogP contribution in [0, 0.1) is 12.2 Å². The van der Waals surface area contributed by atoms with Crippen molar-refractivity contribution in [3.05, 3.63) is 71.9 Å². The molecule has 3 nitrogen and oxygen atoms in total. The van der Waals surface area contributed by atoms with Crippen LogP contribution in [0.5, 0.6) is 5.75 Å². The molecular weight excluding hydrogens is 317 g/mol. The topological polar surface area (TPSA) is 30.5 Å². The lowest BCUT2D eigenvalue weighted by atomic mass is 9.90. The lowest BCUT2D eigenvalue weighted by molar-refractivity contribution is 0.105. The number of benzene rings is 2. The van der Waals surface area contributed by atoms with Crippen LogP contribution in [0.3, 0.4) is 0 Å². The number of hydrogen-bond donors (Lipinski definition) is 1. The normalized spacial score (nSPS) is 15.2. The van der Waals surface area contributed by atoms with Gasteiger partial charge >= 0.3 is 0 Å². The van der Waals surface area contributed by atoms with E-state index >= 15 is 0 Å². The number of rotatable bonds is 8. The summed E-state index contributed by atoms with van der Waals surface area (Å²) in [6, 6.07) is 15.1. The Kier molecular flexibility index (Phi) is 6.83. The Labute approximate surface area is 149 Å². The zero-order valence-corrected chi connectivity index (χ0v) is 14.4. The van der Waals surface area contributed by atoms with Gasteiger partial charge in [0.15, 0.2) is 0 Å². The van der Waals surface area contributed by atoms with Gasteiger partial charge in [-0.1, -0.05) is 30.3 Å². The van der Waals surface area contributed by atoms with Crippen LogP contribution in [-0.4, -0.2) is 26.3 Å². The first-order valence-corrected chi connectivity index (χ1v) is 8.91. The Morgan fingerprint density at radius 1 is 1.04 bits per heavy atom. The maximum absolute atomic E-state index is 13.4. The zero-order chi connectivity index (χ0) is 17.3. The summed E-state index contributed by atoms with van der Waals surface area (Å²) < 4.78 is 24.7. The highest BCUT2D eigenvalue weighted by Crippen LogP contribution is 2.26. The second-order valence-corrected chi connectivity index (χ2v) is 6.25. The molecule has 2 aromatic carbocycles. The molecule has 1 saturated heterocycles. The predicted molar refractivity (Wildman–Crippen MR) is 97.1 cm³/mol. The van der Waals surface area contributed by atoms with E-state index in [1.54, 1.807) is 12.1 Å². The van der Waals surface area contributed by atoms with Crippen molar-refractivity contribution in [3.8, 4) is 5.75 Å². The van der Waals surface area contributed by atoms with Gasteiger partial charge in [0, 0.05) is 12.0 Å². The fraction of sp³-hybridized carbons (Fsp3) is 0.381. The minimum Gasteiger partial charge on any atom is -0.494 e. The molecule has 0 spiro atoms. The van der Waals surface area contributed by atoms with Crippen molar-refractivity contribution in [1.29, 1.82) is 0 Å². The minimum absolute atomic E-state index is 0.218. The third-order valence-corrected chi connectivity index (χ3v) is 4.40. The summed E-state index contributed by atoms with van der Waals surface area (Å²) in [5.41, 5.74) is 1.94. The van der Waals surface area contributed by atoms with Crippen LogP contribution >= 0.6 is 0 Å². The monoisotopic (exact) mass is 342 g/mol. The molecule has 1 fully saturated rings. The van der Waals surface area contributed by atoms with Crippen LogP contribution in [0.4, 0.5) is 4.39 Å². The molecule has 1 heterocycles. The van der Waals surface area contributed by atoms with Crippen LogP contribution in [0.2, 0.25) is 0 Å². The Bertz CT molecular complexity index is 639. The van der Waals surface area contributed by atoms with Crippen molar-refractivity contribution in [2.75, 3.05) is 26.3 Å². The van der Waals surface area contributed by atoms with Crippen molar-refractivity contribution in [2.45, 2.75) is 25.4 Å². The summed E-state index contributed by atoms with van der Waals surface area (Å²) in [4.78, 5) is 0. The van der Waals surface area contributed by atoms with E-state index in [2.05, 4.69) is 23.9 Å². The maximum Gasteiger partial charge on any atom is 0.128 e. The largest absolute Gasteiger partial charge is 0.494 e. The van der Waals surface area contributed by atoms with Gasteiger partial charge in [0.1, 0.15) is 11.6 Å². The van der Waals surface area contributed by atoms with Crippen molar-refractivity contribution in [3.63, 3.8) is 0 Å². The summed E-state index contributed by atoms with van der Waals surface area (Å²) >= 11 is 0. The summed E-state index contributed by atoms with van der Waals surface area (Å²) in [5.74, 6) is 1.21. The van der Waals surface area contributed by atoms with Crippen molar-refractivity contribution in [1.82, 2.24) is 5.32 Å². The van der Waals surface area contributed by atoms with Crippen molar-refractivity contribution in [2.24, 2.45) is 0 Å². The average Bonchev–Trinajstić information content (AvgIpc) is 2.67. The smallest absolute Gasteiger partial charge is 0.128 e. The number of ether oxygens (including phenoxy) is 2. The molecule has 2 aromatic rings.